The number of hydrogen-bond acceptors (Lipinski definition) is 7. The van der Waals surface area contributed by atoms with Crippen molar-refractivity contribution in [2.75, 3.05) is 42.9 Å². The Morgan fingerprint density at radius 3 is 2.51 bits per heavy atom. The minimum absolute atomic E-state index is 0.0251. The highest BCUT2D eigenvalue weighted by atomic mass is 19.1. The van der Waals surface area contributed by atoms with Gasteiger partial charge in [-0.1, -0.05) is 25.1 Å². The molecule has 0 unspecified atom stereocenters. The summed E-state index contributed by atoms with van der Waals surface area (Å²) in [4.78, 5) is 36.3. The molecule has 7 rings (SSSR count). The number of nitrogens with one attached hydrogen (secondary N) is 1. The molecule has 0 atom stereocenters. The molecule has 4 heterocycles. The van der Waals surface area contributed by atoms with Crippen molar-refractivity contribution >= 4 is 28.0 Å². The first-order chi connectivity index (χ1) is 22.8. The Morgan fingerprint density at radius 1 is 1.00 bits per heavy atom. The second kappa shape index (κ2) is 12.8. The predicted octanol–water partition coefficient (Wildman–Crippen LogP) is 5.54. The monoisotopic (exact) mass is 634 g/mol. The first-order valence-corrected chi connectivity index (χ1v) is 16.3. The number of aromatic nitrogens is 3. The lowest BCUT2D eigenvalue weighted by Gasteiger charge is -2.35. The molecule has 0 spiro atoms. The molecule has 2 fully saturated rings. The van der Waals surface area contributed by atoms with Crippen molar-refractivity contribution in [2.24, 2.45) is 7.05 Å². The van der Waals surface area contributed by atoms with E-state index >= 15 is 4.39 Å². The van der Waals surface area contributed by atoms with Gasteiger partial charge in [0, 0.05) is 56.7 Å². The van der Waals surface area contributed by atoms with Crippen LogP contribution in [0, 0.1) is 5.82 Å². The van der Waals surface area contributed by atoms with Crippen LogP contribution in [0.25, 0.3) is 27.6 Å². The SMILES string of the molecule is CCCN1CCN(c2ccc(Nc3cc(-c4cccc(-n5ccc6cc(C7CC7)cc(F)c6c5=O)c4CO)cn(C)c3=O)nc2)CC1. The summed E-state index contributed by atoms with van der Waals surface area (Å²) in [6.07, 6.45) is 8.39. The molecule has 10 heteroatoms. The molecule has 9 nitrogen and oxygen atoms in total. The van der Waals surface area contributed by atoms with Gasteiger partial charge in [-0.3, -0.25) is 19.1 Å². The predicted molar refractivity (Wildman–Crippen MR) is 185 cm³/mol. The summed E-state index contributed by atoms with van der Waals surface area (Å²) in [7, 11) is 1.67. The fourth-order valence-corrected chi connectivity index (χ4v) is 6.71. The summed E-state index contributed by atoms with van der Waals surface area (Å²) in [5.74, 6) is 0.371. The number of rotatable bonds is 9. The number of pyridine rings is 3. The number of nitrogens with zero attached hydrogens (tertiary/aromatic N) is 5. The highest BCUT2D eigenvalue weighted by Crippen LogP contribution is 2.41. The summed E-state index contributed by atoms with van der Waals surface area (Å²) in [6, 6.07) is 16.1. The van der Waals surface area contributed by atoms with Gasteiger partial charge < -0.3 is 19.9 Å². The van der Waals surface area contributed by atoms with E-state index in [0.29, 0.717) is 45.2 Å². The lowest BCUT2D eigenvalue weighted by atomic mass is 9.98. The first-order valence-electron chi connectivity index (χ1n) is 16.3. The molecule has 2 aliphatic rings. The zero-order valence-corrected chi connectivity index (χ0v) is 26.7. The number of anilines is 3. The maximum Gasteiger partial charge on any atom is 0.274 e. The minimum atomic E-state index is -0.532. The van der Waals surface area contributed by atoms with Crippen LogP contribution in [-0.2, 0) is 13.7 Å². The average molecular weight is 635 g/mol. The van der Waals surface area contributed by atoms with Gasteiger partial charge >= 0.3 is 0 Å². The summed E-state index contributed by atoms with van der Waals surface area (Å²) >= 11 is 0. The lowest BCUT2D eigenvalue weighted by molar-refractivity contribution is 0.258. The fraction of sp³-hybridized carbons (Fsp3) is 0.324. The smallest absolute Gasteiger partial charge is 0.274 e. The second-order valence-corrected chi connectivity index (χ2v) is 12.6. The Bertz CT molecular complexity index is 2060. The lowest BCUT2D eigenvalue weighted by Crippen LogP contribution is -2.46. The molecule has 47 heavy (non-hydrogen) atoms. The van der Waals surface area contributed by atoms with Gasteiger partial charge in [0.2, 0.25) is 0 Å². The number of fused-ring (bicyclic) bond motifs is 1. The van der Waals surface area contributed by atoms with E-state index in [0.717, 1.165) is 63.2 Å². The number of aliphatic hydroxyl groups excluding tert-OH is 1. The van der Waals surface area contributed by atoms with Crippen LogP contribution in [0.15, 0.2) is 82.8 Å². The molecule has 0 amide bonds. The van der Waals surface area contributed by atoms with Crippen LogP contribution in [0.3, 0.4) is 0 Å². The second-order valence-electron chi connectivity index (χ2n) is 12.6. The number of aryl methyl sites for hydroxylation is 1. The van der Waals surface area contributed by atoms with E-state index in [-0.39, 0.29) is 17.6 Å². The summed E-state index contributed by atoms with van der Waals surface area (Å²) in [6.45, 7) is 6.91. The third kappa shape index (κ3) is 6.06. The van der Waals surface area contributed by atoms with Gasteiger partial charge in [0.15, 0.2) is 0 Å². The zero-order valence-electron chi connectivity index (χ0n) is 26.7. The summed E-state index contributed by atoms with van der Waals surface area (Å²) in [5.41, 5.74) is 3.80. The molecular formula is C37H39FN6O3. The van der Waals surface area contributed by atoms with Crippen molar-refractivity contribution in [3.05, 3.63) is 111 Å². The summed E-state index contributed by atoms with van der Waals surface area (Å²) in [5, 5.41) is 14.4. The van der Waals surface area contributed by atoms with Crippen molar-refractivity contribution in [3.63, 3.8) is 0 Å². The number of aliphatic hydroxyl groups is 1. The minimum Gasteiger partial charge on any atom is -0.392 e. The van der Waals surface area contributed by atoms with Gasteiger partial charge in [-0.15, -0.1) is 0 Å². The van der Waals surface area contributed by atoms with E-state index in [1.54, 1.807) is 43.7 Å². The Hall–Kier alpha value is -4.80. The van der Waals surface area contributed by atoms with E-state index in [1.165, 1.54) is 15.2 Å². The number of benzene rings is 2. The van der Waals surface area contributed by atoms with Gasteiger partial charge in [0.1, 0.15) is 17.3 Å². The van der Waals surface area contributed by atoms with Gasteiger partial charge in [-0.25, -0.2) is 9.37 Å². The number of hydrogen-bond donors (Lipinski definition) is 2. The Labute approximate surface area is 272 Å². The molecule has 1 aliphatic heterocycles. The quantitative estimate of drug-likeness (QED) is 0.220. The largest absolute Gasteiger partial charge is 0.392 e. The third-order valence-corrected chi connectivity index (χ3v) is 9.38. The van der Waals surface area contributed by atoms with Crippen molar-refractivity contribution in [3.8, 4) is 16.8 Å². The molecule has 5 aromatic rings. The van der Waals surface area contributed by atoms with Crippen LogP contribution < -0.4 is 21.3 Å². The molecule has 2 N–H and O–H groups in total. The van der Waals surface area contributed by atoms with Crippen molar-refractivity contribution in [2.45, 2.75) is 38.7 Å². The van der Waals surface area contributed by atoms with Crippen molar-refractivity contribution in [1.29, 1.82) is 0 Å². The molecule has 3 aromatic heterocycles. The summed E-state index contributed by atoms with van der Waals surface area (Å²) < 4.78 is 18.1. The molecule has 242 valence electrons. The van der Waals surface area contributed by atoms with Crippen LogP contribution in [0.2, 0.25) is 0 Å². The standard InChI is InChI=1S/C37H39FN6O3/c1-3-12-42-14-16-43(17-15-42)28-9-10-34(39-21-28)40-32-20-27(22-41(2)36(32)46)29-5-4-6-33(30(29)23-45)44-13-11-25-18-26(24-7-8-24)19-31(38)35(25)37(44)47/h4-6,9-11,13,18-22,24,45H,3,7-8,12,14-17,23H2,1-2H3,(H,39,40). The van der Waals surface area contributed by atoms with Gasteiger partial charge in [0.05, 0.1) is 29.6 Å². The molecule has 1 saturated carbocycles. The number of piperazine rings is 1. The Kier molecular flexibility index (Phi) is 8.38. The maximum atomic E-state index is 15.3. The first kappa shape index (κ1) is 30.8. The molecule has 1 saturated heterocycles. The highest BCUT2D eigenvalue weighted by molar-refractivity contribution is 5.84. The molecule has 0 bridgehead atoms. The van der Waals surface area contributed by atoms with Crippen LogP contribution in [0.4, 0.5) is 21.6 Å². The van der Waals surface area contributed by atoms with Gasteiger partial charge in [-0.2, -0.15) is 0 Å². The van der Waals surface area contributed by atoms with E-state index in [4.69, 9.17) is 0 Å². The van der Waals surface area contributed by atoms with Crippen LogP contribution in [0.5, 0.6) is 0 Å². The average Bonchev–Trinajstić information content (AvgIpc) is 3.93. The van der Waals surface area contributed by atoms with Crippen molar-refractivity contribution < 1.29 is 9.50 Å². The Balaban J connectivity index is 1.19. The topological polar surface area (TPSA) is 95.6 Å². The van der Waals surface area contributed by atoms with E-state index in [2.05, 4.69) is 27.0 Å². The highest BCUT2D eigenvalue weighted by Gasteiger charge is 2.25. The Morgan fingerprint density at radius 2 is 1.81 bits per heavy atom. The van der Waals surface area contributed by atoms with Crippen LogP contribution in [-0.4, -0.2) is 56.8 Å². The molecular weight excluding hydrogens is 595 g/mol. The zero-order chi connectivity index (χ0) is 32.7. The van der Waals surface area contributed by atoms with E-state index in [9.17, 15) is 14.7 Å². The number of halogens is 1. The maximum absolute atomic E-state index is 15.3. The van der Waals surface area contributed by atoms with Crippen LogP contribution in [0.1, 0.15) is 43.2 Å². The molecule has 2 aromatic carbocycles. The third-order valence-electron chi connectivity index (χ3n) is 9.38. The van der Waals surface area contributed by atoms with Crippen LogP contribution >= 0.6 is 0 Å². The van der Waals surface area contributed by atoms with E-state index in [1.807, 2.05) is 30.5 Å². The van der Waals surface area contributed by atoms with Crippen molar-refractivity contribution in [1.82, 2.24) is 19.0 Å². The molecule has 0 radical (unpaired) electrons. The van der Waals surface area contributed by atoms with Gasteiger partial charge in [0.25, 0.3) is 11.1 Å². The normalized spacial score (nSPS) is 15.4. The van der Waals surface area contributed by atoms with E-state index < -0.39 is 11.4 Å². The van der Waals surface area contributed by atoms with Gasteiger partial charge in [-0.05, 0) is 84.6 Å². The fourth-order valence-electron chi connectivity index (χ4n) is 6.71. The molecule has 1 aliphatic carbocycles.